The summed E-state index contributed by atoms with van der Waals surface area (Å²) in [7, 11) is 0. The lowest BCUT2D eigenvalue weighted by molar-refractivity contribution is 0.868. The molecule has 0 amide bonds. The lowest BCUT2D eigenvalue weighted by Crippen LogP contribution is -1.88. The van der Waals surface area contributed by atoms with Gasteiger partial charge in [-0.25, -0.2) is 0 Å². The molecule has 16 rings (SSSR count). The van der Waals surface area contributed by atoms with Crippen LogP contribution in [0, 0.1) is 0 Å². The molecule has 0 spiro atoms. The maximum Gasteiger partial charge on any atom is 0.109 e. The fourth-order valence-electron chi connectivity index (χ4n) is 10.7. The highest BCUT2D eigenvalue weighted by molar-refractivity contribution is 7.18. The van der Waals surface area contributed by atoms with Crippen molar-refractivity contribution in [2.45, 2.75) is 195 Å². The summed E-state index contributed by atoms with van der Waals surface area (Å²) in [5.74, 6) is 4.84. The van der Waals surface area contributed by atoms with Gasteiger partial charge in [0.25, 0.3) is 0 Å². The summed E-state index contributed by atoms with van der Waals surface area (Å²) >= 11 is 13.5. The van der Waals surface area contributed by atoms with Gasteiger partial charge in [-0.3, -0.25) is 0 Å². The van der Waals surface area contributed by atoms with E-state index in [1.165, 1.54) is 144 Å². The Hall–Kier alpha value is -6.98. The van der Waals surface area contributed by atoms with Gasteiger partial charge in [0.05, 0.1) is 14.1 Å². The lowest BCUT2D eigenvalue weighted by atomic mass is 10.00. The van der Waals surface area contributed by atoms with Gasteiger partial charge >= 0.3 is 0 Å². The van der Waals surface area contributed by atoms with Crippen LogP contribution in [-0.2, 0) is 0 Å². The predicted molar refractivity (Wildman–Crippen MR) is 468 cm³/mol. The molecular formula is C87H110N6S8. The first kappa shape index (κ1) is 86.4. The number of aromatic nitrogens is 6. The highest BCUT2D eigenvalue weighted by Crippen LogP contribution is 2.34. The van der Waals surface area contributed by atoms with Crippen LogP contribution in [0.4, 0.5) is 0 Å². The summed E-state index contributed by atoms with van der Waals surface area (Å²) in [6, 6.07) is 62.9. The van der Waals surface area contributed by atoms with Crippen molar-refractivity contribution < 1.29 is 0 Å². The SMILES string of the molecule is C.C.C.C.C.CC(C)c1ccc2ccsc2c1.CC(C)c1ccc2nnsc2c1.CC(C)c1ccc2sccc2c1.CC(C)c1ccc2snnc2c1.CC(C)c1cccc2ccsc12.CC(C)c1cccc2sccc12.CC(C)c1cccc2snnc12.CC(C)c1csc2ccccc12. The third kappa shape index (κ3) is 23.5. The average Bonchev–Trinajstić information content (AvgIpc) is 1.77. The molecule has 0 radical (unpaired) electrons. The molecule has 8 heterocycles. The zero-order valence-corrected chi connectivity index (χ0v) is 64.7. The Balaban J connectivity index is 0.000000243. The molecule has 16 aromatic rings. The Morgan fingerprint density at radius 3 is 1.37 bits per heavy atom. The van der Waals surface area contributed by atoms with E-state index in [2.05, 4.69) is 336 Å². The largest absolute Gasteiger partial charge is 0.144 e. The summed E-state index contributed by atoms with van der Waals surface area (Å²) in [5.41, 5.74) is 14.4. The van der Waals surface area contributed by atoms with Gasteiger partial charge in [-0.05, 0) is 259 Å². The normalized spacial score (nSPS) is 10.7. The highest BCUT2D eigenvalue weighted by atomic mass is 32.1. The van der Waals surface area contributed by atoms with E-state index in [1.54, 1.807) is 0 Å². The van der Waals surface area contributed by atoms with Gasteiger partial charge in [0, 0.05) is 23.5 Å². The zero-order valence-electron chi connectivity index (χ0n) is 58.2. The molecule has 8 aromatic heterocycles. The summed E-state index contributed by atoms with van der Waals surface area (Å²) in [5, 5.41) is 30.0. The number of nitrogens with zero attached hydrogens (tertiary/aromatic N) is 6. The maximum atomic E-state index is 4.11. The van der Waals surface area contributed by atoms with Crippen molar-refractivity contribution in [2.24, 2.45) is 0 Å². The maximum absolute atomic E-state index is 4.11. The fraction of sp³-hybridized carbons (Fsp3) is 0.333. The van der Waals surface area contributed by atoms with E-state index in [-0.39, 0.29) is 37.1 Å². The van der Waals surface area contributed by atoms with Crippen molar-refractivity contribution in [1.82, 2.24) is 28.8 Å². The number of hydrogen-bond donors (Lipinski definition) is 0. The molecule has 536 valence electrons. The molecule has 0 fully saturated rings. The standard InChI is InChI=1S/5C11H12S.3C9H10N2S.5CH4/c1-8(2)9-3-4-11-10(7-9)5-6-12-11;1-8(2)10-4-3-9-5-6-12-11(9)7-10;1-8(2)9-4-3-5-11-10(9)6-7-12-11;1-8(2)10-5-3-4-9-6-7-12-11(9)10;1-8(2)10-7-12-11-6-4-3-5-9(10)11;1-6(2)7-3-4-9-8(5-7)10-11-12-9;1-6(2)7-3-4-8-9(5-7)12-11-10-8;1-6(2)7-4-3-5-8-9(7)10-11-12-8;;;;;/h5*3-8H,1-2H3;3*3-6H,1-2H3;5*1H4. The number of fused-ring (bicyclic) bond motifs is 8. The van der Waals surface area contributed by atoms with Crippen molar-refractivity contribution >= 4 is 172 Å². The molecule has 0 aliphatic carbocycles. The molecule has 0 aliphatic rings. The quantitative estimate of drug-likeness (QED) is 0.151. The summed E-state index contributed by atoms with van der Waals surface area (Å²) in [4.78, 5) is 0. The monoisotopic (exact) mass is 1490 g/mol. The van der Waals surface area contributed by atoms with E-state index in [9.17, 15) is 0 Å². The molecule has 6 nitrogen and oxygen atoms in total. The van der Waals surface area contributed by atoms with Crippen LogP contribution in [0.25, 0.3) is 81.1 Å². The van der Waals surface area contributed by atoms with Gasteiger partial charge in [-0.1, -0.05) is 258 Å². The molecule has 0 saturated heterocycles. The summed E-state index contributed by atoms with van der Waals surface area (Å²) in [6.45, 7) is 35.5. The van der Waals surface area contributed by atoms with Gasteiger partial charge in [0.1, 0.15) is 16.6 Å². The summed E-state index contributed by atoms with van der Waals surface area (Å²) < 4.78 is 22.3. The topological polar surface area (TPSA) is 77.3 Å². The number of benzene rings is 8. The Labute approximate surface area is 638 Å². The minimum absolute atomic E-state index is 0. The minimum Gasteiger partial charge on any atom is -0.144 e. The Bertz CT molecular complexity index is 4470. The van der Waals surface area contributed by atoms with Gasteiger partial charge < -0.3 is 0 Å². The first-order valence-electron chi connectivity index (χ1n) is 33.2. The van der Waals surface area contributed by atoms with Crippen molar-refractivity contribution in [3.8, 4) is 0 Å². The molecule has 0 bridgehead atoms. The molecule has 0 aliphatic heterocycles. The van der Waals surface area contributed by atoms with Crippen molar-refractivity contribution in [3.63, 3.8) is 0 Å². The molecule has 0 atom stereocenters. The van der Waals surface area contributed by atoms with Gasteiger partial charge in [0.15, 0.2) is 0 Å². The van der Waals surface area contributed by atoms with Gasteiger partial charge in [0.2, 0.25) is 0 Å². The van der Waals surface area contributed by atoms with Crippen molar-refractivity contribution in [1.29, 1.82) is 0 Å². The first-order chi connectivity index (χ1) is 46.2. The molecule has 14 heteroatoms. The Kier molecular flexibility index (Phi) is 35.9. The lowest BCUT2D eigenvalue weighted by Gasteiger charge is -2.05. The van der Waals surface area contributed by atoms with E-state index >= 15 is 0 Å². The number of hydrogen-bond acceptors (Lipinski definition) is 14. The van der Waals surface area contributed by atoms with E-state index in [0.29, 0.717) is 47.3 Å². The van der Waals surface area contributed by atoms with Crippen LogP contribution in [0.2, 0.25) is 0 Å². The smallest absolute Gasteiger partial charge is 0.109 e. The minimum atomic E-state index is 0. The van der Waals surface area contributed by atoms with Crippen LogP contribution in [0.1, 0.15) is 240 Å². The van der Waals surface area contributed by atoms with E-state index < -0.39 is 0 Å². The Morgan fingerprint density at radius 2 is 0.703 bits per heavy atom. The zero-order chi connectivity index (χ0) is 68.4. The van der Waals surface area contributed by atoms with Crippen LogP contribution in [0.5, 0.6) is 0 Å². The van der Waals surface area contributed by atoms with Crippen LogP contribution >= 0.6 is 91.3 Å². The van der Waals surface area contributed by atoms with Gasteiger partial charge in [-0.15, -0.1) is 72.0 Å². The predicted octanol–water partition coefficient (Wildman–Crippen LogP) is 31.7. The Morgan fingerprint density at radius 1 is 0.257 bits per heavy atom. The molecule has 8 aromatic carbocycles. The molecule has 0 saturated carbocycles. The molecule has 101 heavy (non-hydrogen) atoms. The number of rotatable bonds is 8. The molecule has 0 unspecified atom stereocenters. The third-order valence-electron chi connectivity index (χ3n) is 16.5. The average molecular weight is 1500 g/mol. The second-order valence-electron chi connectivity index (χ2n) is 26.2. The van der Waals surface area contributed by atoms with Crippen molar-refractivity contribution in [3.05, 3.63) is 247 Å². The second kappa shape index (κ2) is 42.0. The highest BCUT2D eigenvalue weighted by Gasteiger charge is 2.11. The van der Waals surface area contributed by atoms with E-state index in [1.807, 2.05) is 62.8 Å². The third-order valence-corrected chi connectivity index (χ3v) is 23.2. The van der Waals surface area contributed by atoms with Crippen LogP contribution < -0.4 is 0 Å². The van der Waals surface area contributed by atoms with Crippen LogP contribution in [0.15, 0.2) is 203 Å². The van der Waals surface area contributed by atoms with Crippen LogP contribution in [0.3, 0.4) is 0 Å². The van der Waals surface area contributed by atoms with Gasteiger partial charge in [-0.2, -0.15) is 0 Å². The number of thiophene rings is 5. The molecule has 0 N–H and O–H groups in total. The van der Waals surface area contributed by atoms with Crippen LogP contribution in [-0.4, -0.2) is 28.8 Å². The second-order valence-corrected chi connectivity index (χ2v) is 33.2. The van der Waals surface area contributed by atoms with E-state index in [0.717, 1.165) is 16.6 Å². The first-order valence-corrected chi connectivity index (χ1v) is 39.9. The van der Waals surface area contributed by atoms with Crippen molar-refractivity contribution in [2.75, 3.05) is 0 Å². The fourth-order valence-corrected chi connectivity index (χ4v) is 17.1. The summed E-state index contributed by atoms with van der Waals surface area (Å²) in [6.07, 6.45) is 0. The van der Waals surface area contributed by atoms with E-state index in [4.69, 9.17) is 0 Å². The molecular weight excluding hydrogens is 1390 g/mol.